The second-order valence-electron chi connectivity index (χ2n) is 6.75. The Morgan fingerprint density at radius 1 is 1.23 bits per heavy atom. The Labute approximate surface area is 151 Å². The average Bonchev–Trinajstić information content (AvgIpc) is 3.32. The van der Waals surface area contributed by atoms with Crippen LogP contribution in [0.2, 0.25) is 0 Å². The summed E-state index contributed by atoms with van der Waals surface area (Å²) in [5, 5.41) is 4.10. The van der Waals surface area contributed by atoms with Crippen molar-refractivity contribution in [3.8, 4) is 11.6 Å². The minimum Gasteiger partial charge on any atom is -0.341 e. The predicted molar refractivity (Wildman–Crippen MR) is 91.9 cm³/mol. The third kappa shape index (κ3) is 3.44. The molecule has 0 aromatic carbocycles. The fourth-order valence-corrected chi connectivity index (χ4v) is 3.52. The molecule has 26 heavy (non-hydrogen) atoms. The number of rotatable bonds is 4. The van der Waals surface area contributed by atoms with Crippen molar-refractivity contribution in [3.63, 3.8) is 0 Å². The molecule has 4 rings (SSSR count). The number of aromatic nitrogens is 3. The Morgan fingerprint density at radius 3 is 2.77 bits per heavy atom. The standard InChI is InChI=1S/C18H21N5O3/c24-15-5-3-9-23(15)12-16(25)22-10-6-13(7-11-22)17-20-18(26-21-17)14-4-1-2-8-19-14/h1-2,4,8,13H,3,5-7,9-12H2. The molecular formula is C18H21N5O3. The second kappa shape index (κ2) is 7.23. The van der Waals surface area contributed by atoms with Crippen molar-refractivity contribution in [1.82, 2.24) is 24.9 Å². The summed E-state index contributed by atoms with van der Waals surface area (Å²) in [5.74, 6) is 1.39. The first-order valence-corrected chi connectivity index (χ1v) is 9.01. The summed E-state index contributed by atoms with van der Waals surface area (Å²) in [6.07, 6.45) is 4.69. The number of amides is 2. The SMILES string of the molecule is O=C(CN1CCCC1=O)N1CCC(c2noc(-c3ccccn3)n2)CC1. The highest BCUT2D eigenvalue weighted by Crippen LogP contribution is 2.27. The van der Waals surface area contributed by atoms with Crippen LogP contribution in [-0.4, -0.2) is 62.9 Å². The van der Waals surface area contributed by atoms with E-state index in [0.717, 1.165) is 19.3 Å². The van der Waals surface area contributed by atoms with Gasteiger partial charge in [-0.05, 0) is 31.4 Å². The molecule has 2 aliphatic heterocycles. The lowest BCUT2D eigenvalue weighted by Crippen LogP contribution is -2.44. The molecule has 0 aliphatic carbocycles. The van der Waals surface area contributed by atoms with E-state index in [9.17, 15) is 9.59 Å². The maximum Gasteiger partial charge on any atom is 0.276 e. The highest BCUT2D eigenvalue weighted by Gasteiger charge is 2.29. The van der Waals surface area contributed by atoms with Gasteiger partial charge in [-0.15, -0.1) is 0 Å². The molecule has 2 aromatic heterocycles. The highest BCUT2D eigenvalue weighted by molar-refractivity contribution is 5.85. The van der Waals surface area contributed by atoms with Crippen LogP contribution in [0.4, 0.5) is 0 Å². The number of likely N-dealkylation sites (tertiary alicyclic amines) is 2. The largest absolute Gasteiger partial charge is 0.341 e. The Hall–Kier alpha value is -2.77. The van der Waals surface area contributed by atoms with E-state index in [1.165, 1.54) is 0 Å². The van der Waals surface area contributed by atoms with Crippen molar-refractivity contribution in [1.29, 1.82) is 0 Å². The zero-order valence-electron chi connectivity index (χ0n) is 14.5. The monoisotopic (exact) mass is 355 g/mol. The molecule has 0 spiro atoms. The number of nitrogens with zero attached hydrogens (tertiary/aromatic N) is 5. The summed E-state index contributed by atoms with van der Waals surface area (Å²) >= 11 is 0. The van der Waals surface area contributed by atoms with Crippen LogP contribution in [0.3, 0.4) is 0 Å². The molecule has 4 heterocycles. The van der Waals surface area contributed by atoms with E-state index in [0.29, 0.717) is 43.5 Å². The van der Waals surface area contributed by atoms with Crippen molar-refractivity contribution >= 4 is 11.8 Å². The van der Waals surface area contributed by atoms with Gasteiger partial charge >= 0.3 is 0 Å². The molecule has 136 valence electrons. The quantitative estimate of drug-likeness (QED) is 0.824. The summed E-state index contributed by atoms with van der Waals surface area (Å²) in [7, 11) is 0. The van der Waals surface area contributed by atoms with E-state index >= 15 is 0 Å². The molecule has 2 aromatic rings. The Kier molecular flexibility index (Phi) is 4.64. The average molecular weight is 355 g/mol. The van der Waals surface area contributed by atoms with Crippen molar-refractivity contribution < 1.29 is 14.1 Å². The van der Waals surface area contributed by atoms with Crippen LogP contribution in [-0.2, 0) is 9.59 Å². The lowest BCUT2D eigenvalue weighted by molar-refractivity contribution is -0.139. The van der Waals surface area contributed by atoms with Gasteiger partial charge in [0.2, 0.25) is 11.8 Å². The topological polar surface area (TPSA) is 92.4 Å². The van der Waals surface area contributed by atoms with Crippen LogP contribution in [0, 0.1) is 0 Å². The smallest absolute Gasteiger partial charge is 0.276 e. The maximum atomic E-state index is 12.4. The van der Waals surface area contributed by atoms with Crippen LogP contribution >= 0.6 is 0 Å². The van der Waals surface area contributed by atoms with Gasteiger partial charge < -0.3 is 14.3 Å². The number of carbonyl (C=O) groups is 2. The normalized spacial score (nSPS) is 18.5. The zero-order chi connectivity index (χ0) is 17.9. The second-order valence-corrected chi connectivity index (χ2v) is 6.75. The molecule has 2 aliphatic rings. The molecule has 0 N–H and O–H groups in total. The summed E-state index contributed by atoms with van der Waals surface area (Å²) < 4.78 is 5.33. The van der Waals surface area contributed by atoms with Gasteiger partial charge in [0, 0.05) is 38.2 Å². The molecule has 0 saturated carbocycles. The predicted octanol–water partition coefficient (Wildman–Crippen LogP) is 1.46. The molecule has 2 amide bonds. The van der Waals surface area contributed by atoms with E-state index in [2.05, 4.69) is 15.1 Å². The zero-order valence-corrected chi connectivity index (χ0v) is 14.5. The molecule has 0 atom stereocenters. The Morgan fingerprint density at radius 2 is 2.08 bits per heavy atom. The van der Waals surface area contributed by atoms with Crippen LogP contribution in [0.5, 0.6) is 0 Å². The number of pyridine rings is 1. The number of hydrogen-bond donors (Lipinski definition) is 0. The lowest BCUT2D eigenvalue weighted by atomic mass is 9.96. The number of piperidine rings is 1. The first-order chi connectivity index (χ1) is 12.7. The molecule has 2 saturated heterocycles. The lowest BCUT2D eigenvalue weighted by Gasteiger charge is -2.31. The first kappa shape index (κ1) is 16.7. The van der Waals surface area contributed by atoms with E-state index in [1.807, 2.05) is 23.1 Å². The Bertz CT molecular complexity index is 783. The van der Waals surface area contributed by atoms with Crippen molar-refractivity contribution in [2.45, 2.75) is 31.6 Å². The van der Waals surface area contributed by atoms with Gasteiger partial charge in [0.1, 0.15) is 5.69 Å². The maximum absolute atomic E-state index is 12.4. The van der Waals surface area contributed by atoms with Gasteiger partial charge in [-0.25, -0.2) is 0 Å². The van der Waals surface area contributed by atoms with E-state index in [1.54, 1.807) is 11.1 Å². The summed E-state index contributed by atoms with van der Waals surface area (Å²) in [6.45, 7) is 2.20. The fourth-order valence-electron chi connectivity index (χ4n) is 3.52. The summed E-state index contributed by atoms with van der Waals surface area (Å²) in [6, 6.07) is 5.54. The molecule has 0 unspecified atom stereocenters. The molecule has 8 heteroatoms. The fraction of sp³-hybridized carbons (Fsp3) is 0.500. The first-order valence-electron chi connectivity index (χ1n) is 9.01. The van der Waals surface area contributed by atoms with Crippen molar-refractivity contribution in [2.24, 2.45) is 0 Å². The molecular weight excluding hydrogens is 334 g/mol. The van der Waals surface area contributed by atoms with Crippen LogP contribution < -0.4 is 0 Å². The van der Waals surface area contributed by atoms with Gasteiger partial charge in [0.05, 0.1) is 6.54 Å². The minimum atomic E-state index is 0.0287. The van der Waals surface area contributed by atoms with Gasteiger partial charge in [0.15, 0.2) is 5.82 Å². The van der Waals surface area contributed by atoms with Crippen LogP contribution in [0.15, 0.2) is 28.9 Å². The summed E-state index contributed by atoms with van der Waals surface area (Å²) in [4.78, 5) is 36.3. The highest BCUT2D eigenvalue weighted by atomic mass is 16.5. The van der Waals surface area contributed by atoms with E-state index in [4.69, 9.17) is 4.52 Å². The molecule has 0 bridgehead atoms. The van der Waals surface area contributed by atoms with Crippen LogP contribution in [0.25, 0.3) is 11.6 Å². The Balaban J connectivity index is 1.33. The molecule has 2 fully saturated rings. The summed E-state index contributed by atoms with van der Waals surface area (Å²) in [5.41, 5.74) is 0.661. The molecule has 8 nitrogen and oxygen atoms in total. The number of hydrogen-bond acceptors (Lipinski definition) is 6. The van der Waals surface area contributed by atoms with Gasteiger partial charge in [-0.2, -0.15) is 4.98 Å². The van der Waals surface area contributed by atoms with Crippen molar-refractivity contribution in [2.75, 3.05) is 26.2 Å². The van der Waals surface area contributed by atoms with E-state index < -0.39 is 0 Å². The van der Waals surface area contributed by atoms with E-state index in [-0.39, 0.29) is 24.3 Å². The third-order valence-electron chi connectivity index (χ3n) is 5.04. The van der Waals surface area contributed by atoms with Gasteiger partial charge in [-0.3, -0.25) is 14.6 Å². The number of carbonyl (C=O) groups excluding carboxylic acids is 2. The van der Waals surface area contributed by atoms with Crippen LogP contribution in [0.1, 0.15) is 37.4 Å². The molecule has 0 radical (unpaired) electrons. The van der Waals surface area contributed by atoms with Gasteiger partial charge in [0.25, 0.3) is 5.89 Å². The van der Waals surface area contributed by atoms with Crippen molar-refractivity contribution in [3.05, 3.63) is 30.2 Å². The third-order valence-corrected chi connectivity index (χ3v) is 5.04. The van der Waals surface area contributed by atoms with Gasteiger partial charge in [-0.1, -0.05) is 11.2 Å². The minimum absolute atomic E-state index is 0.0287.